The molecule has 66 heavy (non-hydrogen) atoms. The van der Waals surface area contributed by atoms with E-state index >= 15 is 0 Å². The highest BCUT2D eigenvalue weighted by Gasteiger charge is 2.36. The summed E-state index contributed by atoms with van der Waals surface area (Å²) in [6, 6.07) is 75.9. The Morgan fingerprint density at radius 1 is 0.439 bits per heavy atom. The Kier molecular flexibility index (Phi) is 9.22. The second kappa shape index (κ2) is 15.5. The summed E-state index contributed by atoms with van der Waals surface area (Å²) in [6.45, 7) is 10.7. The van der Waals surface area contributed by atoms with Crippen LogP contribution in [0.2, 0.25) is 0 Å². The third-order valence-corrected chi connectivity index (χ3v) is 13.9. The molecule has 314 valence electrons. The van der Waals surface area contributed by atoms with Gasteiger partial charge in [-0.1, -0.05) is 178 Å². The molecule has 12 rings (SSSR count). The molecule has 0 saturated carbocycles. The van der Waals surface area contributed by atoms with Crippen LogP contribution < -0.4 is 9.80 Å². The Morgan fingerprint density at radius 3 is 1.86 bits per heavy atom. The van der Waals surface area contributed by atoms with Gasteiger partial charge in [-0.2, -0.15) is 0 Å². The van der Waals surface area contributed by atoms with Crippen molar-refractivity contribution in [1.29, 1.82) is 0 Å². The number of anilines is 6. The number of para-hydroxylation sites is 2. The van der Waals surface area contributed by atoms with Crippen molar-refractivity contribution < 1.29 is 0 Å². The van der Waals surface area contributed by atoms with Crippen LogP contribution in [0.3, 0.4) is 0 Å². The zero-order chi connectivity index (χ0) is 44.5. The van der Waals surface area contributed by atoms with Gasteiger partial charge >= 0.3 is 0 Å². The first kappa shape index (κ1) is 39.3. The van der Waals surface area contributed by atoms with Crippen LogP contribution in [-0.4, -0.2) is 6.72 Å². The molecule has 1 aliphatic rings. The summed E-state index contributed by atoms with van der Waals surface area (Å²) in [5, 5.41) is 9.79. The van der Waals surface area contributed by atoms with Gasteiger partial charge in [0.2, 0.25) is 0 Å². The van der Waals surface area contributed by atoms with Crippen molar-refractivity contribution >= 4 is 95.7 Å². The fourth-order valence-electron chi connectivity index (χ4n) is 11.0. The number of hydrogen-bond donors (Lipinski definition) is 0. The van der Waals surface area contributed by atoms with E-state index in [1.54, 1.807) is 0 Å². The lowest BCUT2D eigenvalue weighted by atomic mass is 9.82. The lowest BCUT2D eigenvalue weighted by molar-refractivity contribution is 0.660. The van der Waals surface area contributed by atoms with E-state index in [0.29, 0.717) is 0 Å². The summed E-state index contributed by atoms with van der Waals surface area (Å²) < 4.78 is 0. The second-order valence-electron chi connectivity index (χ2n) is 17.9. The van der Waals surface area contributed by atoms with Gasteiger partial charge in [0.1, 0.15) is 0 Å². The van der Waals surface area contributed by atoms with Crippen molar-refractivity contribution in [2.75, 3.05) is 9.80 Å². The summed E-state index contributed by atoms with van der Waals surface area (Å²) in [5.41, 5.74) is 16.0. The molecule has 11 aromatic rings. The van der Waals surface area contributed by atoms with Crippen molar-refractivity contribution in [3.8, 4) is 22.3 Å². The maximum Gasteiger partial charge on any atom is 0.0715 e. The first-order valence-corrected chi connectivity index (χ1v) is 22.8. The van der Waals surface area contributed by atoms with Crippen LogP contribution in [0.1, 0.15) is 37.5 Å². The molecule has 3 heteroatoms. The van der Waals surface area contributed by atoms with E-state index in [-0.39, 0.29) is 5.41 Å². The van der Waals surface area contributed by atoms with Crippen LogP contribution in [0.15, 0.2) is 217 Å². The molecule has 1 aliphatic carbocycles. The molecule has 0 radical (unpaired) electrons. The highest BCUT2D eigenvalue weighted by atomic mass is 15.2. The fraction of sp³-hybridized carbons (Fsp3) is 0.0635. The van der Waals surface area contributed by atoms with Crippen molar-refractivity contribution in [2.24, 2.45) is 4.99 Å². The summed E-state index contributed by atoms with van der Waals surface area (Å²) in [4.78, 5) is 9.39. The molecule has 0 saturated heterocycles. The smallest absolute Gasteiger partial charge is 0.0715 e. The predicted molar refractivity (Wildman–Crippen MR) is 284 cm³/mol. The van der Waals surface area contributed by atoms with Gasteiger partial charge in [-0.15, -0.1) is 0 Å². The van der Waals surface area contributed by atoms with E-state index in [1.165, 1.54) is 76.5 Å². The number of nitrogens with zero attached hydrogens (tertiary/aromatic N) is 3. The molecule has 0 amide bonds. The van der Waals surface area contributed by atoms with Crippen LogP contribution in [0.25, 0.3) is 71.4 Å². The lowest BCUT2D eigenvalue weighted by Crippen LogP contribution is -2.17. The molecular formula is C63H47N3. The van der Waals surface area contributed by atoms with Gasteiger partial charge in [-0.25, -0.2) is 0 Å². The number of rotatable bonds is 9. The highest BCUT2D eigenvalue weighted by molar-refractivity contribution is 6.37. The number of aliphatic imine (C=N–C) groups is 1. The SMILES string of the molecule is C=Nc1cc(N(c2ccccc2)c2ccc3c4ccccc4c4c(N(c5ccc6c(c5)C(C)(C)c5ccccc5-6)c5ccccc5-c5ccccc5)ccc5ccc2c3c54)ccc1/C=C\C. The monoisotopic (exact) mass is 845 g/mol. The van der Waals surface area contributed by atoms with Gasteiger partial charge in [0.25, 0.3) is 0 Å². The molecular weight excluding hydrogens is 799 g/mol. The van der Waals surface area contributed by atoms with Crippen LogP contribution in [-0.2, 0) is 5.41 Å². The summed E-state index contributed by atoms with van der Waals surface area (Å²) in [7, 11) is 0. The number of hydrogen-bond acceptors (Lipinski definition) is 3. The molecule has 0 heterocycles. The minimum atomic E-state index is -0.168. The zero-order valence-corrected chi connectivity index (χ0v) is 37.3. The molecule has 0 aromatic heterocycles. The van der Waals surface area contributed by atoms with Gasteiger partial charge in [-0.05, 0) is 123 Å². The summed E-state index contributed by atoms with van der Waals surface area (Å²) >= 11 is 0. The first-order chi connectivity index (χ1) is 32.4. The molecule has 3 nitrogen and oxygen atoms in total. The molecule has 0 spiro atoms. The van der Waals surface area contributed by atoms with E-state index in [0.717, 1.165) is 45.4 Å². The van der Waals surface area contributed by atoms with Gasteiger partial charge in [0, 0.05) is 49.6 Å². The predicted octanol–water partition coefficient (Wildman–Crippen LogP) is 18.0. The Bertz CT molecular complexity index is 3710. The Hall–Kier alpha value is -8.27. The Labute approximate surface area is 386 Å². The van der Waals surface area contributed by atoms with Crippen LogP contribution in [0, 0.1) is 0 Å². The maximum absolute atomic E-state index is 4.49. The van der Waals surface area contributed by atoms with Gasteiger partial charge in [0.15, 0.2) is 0 Å². The number of fused-ring (bicyclic) bond motifs is 6. The lowest BCUT2D eigenvalue weighted by Gasteiger charge is -2.32. The van der Waals surface area contributed by atoms with E-state index < -0.39 is 0 Å². The average molecular weight is 846 g/mol. The van der Waals surface area contributed by atoms with Crippen LogP contribution in [0.4, 0.5) is 39.8 Å². The standard InChI is InChI=1S/C63H47N3/c1-5-18-42-29-32-46(40-56(42)64-4)65(44-21-10-7-11-22-44)58-38-36-52-48-24-12-13-26-51(48)62-59(37-31-43-30-34-53(58)61(52)60(43)62)66(57-28-17-15-23-47(57)41-19-8-6-9-20-41)45-33-35-50-49-25-14-16-27-54(49)63(2,3)55(50)39-45/h5-40H,4H2,1-3H3/b18-5-. The van der Waals surface area contributed by atoms with E-state index in [2.05, 4.69) is 248 Å². The summed E-state index contributed by atoms with van der Waals surface area (Å²) in [5.74, 6) is 0. The molecule has 0 aliphatic heterocycles. The zero-order valence-electron chi connectivity index (χ0n) is 37.3. The quantitative estimate of drug-likeness (QED) is 0.0819. The van der Waals surface area contributed by atoms with Crippen molar-refractivity contribution in [3.63, 3.8) is 0 Å². The molecule has 0 unspecified atom stereocenters. The van der Waals surface area contributed by atoms with Crippen molar-refractivity contribution in [2.45, 2.75) is 26.2 Å². The summed E-state index contributed by atoms with van der Waals surface area (Å²) in [6.07, 6.45) is 4.13. The number of benzene rings is 11. The van der Waals surface area contributed by atoms with Crippen LogP contribution in [0.5, 0.6) is 0 Å². The highest BCUT2D eigenvalue weighted by Crippen LogP contribution is 2.54. The average Bonchev–Trinajstić information content (AvgIpc) is 3.60. The normalized spacial score (nSPS) is 12.9. The maximum atomic E-state index is 4.49. The Morgan fingerprint density at radius 2 is 1.06 bits per heavy atom. The second-order valence-corrected chi connectivity index (χ2v) is 17.9. The largest absolute Gasteiger partial charge is 0.310 e. The van der Waals surface area contributed by atoms with Gasteiger partial charge in [-0.3, -0.25) is 4.99 Å². The molecule has 0 N–H and O–H groups in total. The van der Waals surface area contributed by atoms with Gasteiger partial charge < -0.3 is 9.80 Å². The van der Waals surface area contributed by atoms with E-state index in [4.69, 9.17) is 0 Å². The fourth-order valence-corrected chi connectivity index (χ4v) is 11.0. The van der Waals surface area contributed by atoms with E-state index in [9.17, 15) is 0 Å². The van der Waals surface area contributed by atoms with Crippen LogP contribution >= 0.6 is 0 Å². The number of allylic oxidation sites excluding steroid dienone is 1. The molecule has 11 aromatic carbocycles. The Balaban J connectivity index is 1.17. The van der Waals surface area contributed by atoms with E-state index in [1.807, 2.05) is 13.0 Å². The molecule has 0 fully saturated rings. The van der Waals surface area contributed by atoms with Gasteiger partial charge in [0.05, 0.1) is 22.7 Å². The molecule has 0 atom stereocenters. The third-order valence-electron chi connectivity index (χ3n) is 13.9. The minimum absolute atomic E-state index is 0.168. The van der Waals surface area contributed by atoms with Crippen molar-refractivity contribution in [3.05, 3.63) is 229 Å². The third kappa shape index (κ3) is 6.00. The minimum Gasteiger partial charge on any atom is -0.310 e. The first-order valence-electron chi connectivity index (χ1n) is 22.8. The van der Waals surface area contributed by atoms with Crippen molar-refractivity contribution in [1.82, 2.24) is 0 Å². The molecule has 0 bridgehead atoms. The topological polar surface area (TPSA) is 18.8 Å².